The molecule has 1 aromatic carbocycles. The molecule has 1 heterocycles. The standard InChI is InChI=1S/C9H6ClN3O2S/c10-8-7(14)9(13-16-12-8)15-6-3-1-5(11)2-4-6/h1-4H,11H2. The molecule has 2 aromatic rings. The Morgan fingerprint density at radius 2 is 1.94 bits per heavy atom. The summed E-state index contributed by atoms with van der Waals surface area (Å²) in [5, 5.41) is -0.148. The van der Waals surface area contributed by atoms with Crippen molar-refractivity contribution in [2.45, 2.75) is 0 Å². The molecule has 0 aliphatic rings. The maximum atomic E-state index is 11.4. The van der Waals surface area contributed by atoms with Crippen molar-refractivity contribution in [2.75, 3.05) is 5.73 Å². The van der Waals surface area contributed by atoms with E-state index in [-0.39, 0.29) is 11.0 Å². The van der Waals surface area contributed by atoms with Crippen molar-refractivity contribution in [3.63, 3.8) is 0 Å². The predicted octanol–water partition coefficient (Wildman–Crippen LogP) is 1.93. The fraction of sp³-hybridized carbons (Fsp3) is 0. The summed E-state index contributed by atoms with van der Waals surface area (Å²) in [7, 11) is 0. The van der Waals surface area contributed by atoms with Gasteiger partial charge >= 0.3 is 0 Å². The first-order valence-corrected chi connectivity index (χ1v) is 5.33. The van der Waals surface area contributed by atoms with E-state index in [0.717, 1.165) is 11.7 Å². The van der Waals surface area contributed by atoms with Crippen molar-refractivity contribution < 1.29 is 4.74 Å². The Balaban J connectivity index is 2.31. The number of benzene rings is 1. The van der Waals surface area contributed by atoms with Crippen molar-refractivity contribution in [2.24, 2.45) is 0 Å². The Kier molecular flexibility index (Phi) is 3.02. The zero-order valence-electron chi connectivity index (χ0n) is 7.88. The molecule has 0 aliphatic heterocycles. The normalized spacial score (nSPS) is 10.1. The summed E-state index contributed by atoms with van der Waals surface area (Å²) < 4.78 is 12.6. The Bertz CT molecular complexity index is 555. The number of nitrogens with zero attached hydrogens (tertiary/aromatic N) is 2. The Morgan fingerprint density at radius 1 is 1.25 bits per heavy atom. The summed E-state index contributed by atoms with van der Waals surface area (Å²) in [6, 6.07) is 6.59. The lowest BCUT2D eigenvalue weighted by atomic mass is 10.3. The smallest absolute Gasteiger partial charge is 0.283 e. The van der Waals surface area contributed by atoms with Crippen molar-refractivity contribution >= 4 is 29.0 Å². The molecule has 0 spiro atoms. The third-order valence-electron chi connectivity index (χ3n) is 1.72. The lowest BCUT2D eigenvalue weighted by Gasteiger charge is -2.02. The summed E-state index contributed by atoms with van der Waals surface area (Å²) in [6.45, 7) is 0. The van der Waals surface area contributed by atoms with Gasteiger partial charge in [0.05, 0.1) is 11.7 Å². The second-order valence-electron chi connectivity index (χ2n) is 2.86. The number of halogens is 1. The van der Waals surface area contributed by atoms with Crippen LogP contribution in [0.2, 0.25) is 5.15 Å². The second-order valence-corrected chi connectivity index (χ2v) is 3.75. The molecule has 1 aromatic heterocycles. The predicted molar refractivity (Wildman–Crippen MR) is 62.1 cm³/mol. The molecule has 16 heavy (non-hydrogen) atoms. The van der Waals surface area contributed by atoms with Crippen molar-refractivity contribution in [3.05, 3.63) is 39.6 Å². The molecule has 82 valence electrons. The van der Waals surface area contributed by atoms with Gasteiger partial charge in [0.2, 0.25) is 0 Å². The van der Waals surface area contributed by atoms with Crippen LogP contribution in [0, 0.1) is 0 Å². The zero-order valence-corrected chi connectivity index (χ0v) is 9.46. The fourth-order valence-corrected chi connectivity index (χ4v) is 1.54. The highest BCUT2D eigenvalue weighted by molar-refractivity contribution is 6.99. The molecule has 0 bridgehead atoms. The highest BCUT2D eigenvalue weighted by Crippen LogP contribution is 2.18. The first-order valence-electron chi connectivity index (χ1n) is 4.22. The number of rotatable bonds is 2. The Hall–Kier alpha value is -1.66. The van der Waals surface area contributed by atoms with Crippen LogP contribution in [0.15, 0.2) is 29.1 Å². The van der Waals surface area contributed by atoms with Crippen molar-refractivity contribution in [1.29, 1.82) is 0 Å². The van der Waals surface area contributed by atoms with Crippen LogP contribution < -0.4 is 15.9 Å². The molecule has 2 rings (SSSR count). The lowest BCUT2D eigenvalue weighted by molar-refractivity contribution is 0.462. The number of anilines is 1. The molecule has 7 heteroatoms. The van der Waals surface area contributed by atoms with E-state index < -0.39 is 5.43 Å². The Morgan fingerprint density at radius 3 is 2.62 bits per heavy atom. The minimum atomic E-state index is -0.530. The number of hydrogen-bond donors (Lipinski definition) is 1. The van der Waals surface area contributed by atoms with E-state index in [2.05, 4.69) is 8.75 Å². The quantitative estimate of drug-likeness (QED) is 0.830. The largest absolute Gasteiger partial charge is 0.435 e. The molecule has 0 aliphatic carbocycles. The van der Waals surface area contributed by atoms with Crippen LogP contribution in [-0.2, 0) is 0 Å². The third-order valence-corrected chi connectivity index (χ3v) is 2.59. The molecular weight excluding hydrogens is 250 g/mol. The summed E-state index contributed by atoms with van der Waals surface area (Å²) in [5.74, 6) is 0.378. The van der Waals surface area contributed by atoms with Gasteiger partial charge in [-0.25, -0.2) is 0 Å². The molecular formula is C9H6ClN3O2S. The van der Waals surface area contributed by atoms with Crippen molar-refractivity contribution in [3.8, 4) is 11.6 Å². The molecule has 0 unspecified atom stereocenters. The van der Waals surface area contributed by atoms with Gasteiger partial charge in [0.25, 0.3) is 11.3 Å². The maximum Gasteiger partial charge on any atom is 0.283 e. The van der Waals surface area contributed by atoms with Gasteiger partial charge in [0.1, 0.15) is 5.75 Å². The van der Waals surface area contributed by atoms with E-state index in [4.69, 9.17) is 22.1 Å². The van der Waals surface area contributed by atoms with Crippen LogP contribution in [0.1, 0.15) is 0 Å². The summed E-state index contributed by atoms with van der Waals surface area (Å²) >= 11 is 6.36. The molecule has 0 radical (unpaired) electrons. The molecule has 0 amide bonds. The molecule has 0 saturated carbocycles. The number of ether oxygens (including phenoxy) is 1. The van der Waals surface area contributed by atoms with Gasteiger partial charge in [-0.2, -0.15) is 4.37 Å². The topological polar surface area (TPSA) is 78.1 Å². The number of aromatic nitrogens is 2. The molecule has 0 fully saturated rings. The monoisotopic (exact) mass is 255 g/mol. The van der Waals surface area contributed by atoms with Gasteiger partial charge in [0.15, 0.2) is 5.15 Å². The lowest BCUT2D eigenvalue weighted by Crippen LogP contribution is -2.07. The number of nitrogen functional groups attached to an aromatic ring is 1. The average Bonchev–Trinajstić information content (AvgIpc) is 2.28. The highest BCUT2D eigenvalue weighted by Gasteiger charge is 2.08. The SMILES string of the molecule is Nc1ccc(Oc2nsnc(Cl)c2=O)cc1. The van der Waals surface area contributed by atoms with Gasteiger partial charge in [-0.1, -0.05) is 11.6 Å². The second kappa shape index (κ2) is 4.46. The van der Waals surface area contributed by atoms with Crippen LogP contribution in [0.3, 0.4) is 0 Å². The van der Waals surface area contributed by atoms with Gasteiger partial charge in [-0.05, 0) is 24.3 Å². The van der Waals surface area contributed by atoms with Crippen LogP contribution in [0.25, 0.3) is 0 Å². The minimum Gasteiger partial charge on any atom is -0.435 e. The molecule has 5 nitrogen and oxygen atoms in total. The molecule has 0 saturated heterocycles. The van der Waals surface area contributed by atoms with E-state index in [1.54, 1.807) is 24.3 Å². The summed E-state index contributed by atoms with van der Waals surface area (Å²) in [5.41, 5.74) is 5.59. The van der Waals surface area contributed by atoms with E-state index >= 15 is 0 Å². The molecule has 2 N–H and O–H groups in total. The van der Waals surface area contributed by atoms with Crippen LogP contribution >= 0.6 is 23.3 Å². The average molecular weight is 256 g/mol. The van der Waals surface area contributed by atoms with Crippen molar-refractivity contribution in [1.82, 2.24) is 8.75 Å². The first-order chi connectivity index (χ1) is 7.66. The van der Waals surface area contributed by atoms with Crippen LogP contribution in [0.5, 0.6) is 11.6 Å². The number of nitrogens with two attached hydrogens (primary N) is 1. The fourth-order valence-electron chi connectivity index (χ4n) is 0.977. The van der Waals surface area contributed by atoms with E-state index in [1.807, 2.05) is 0 Å². The summed E-state index contributed by atoms with van der Waals surface area (Å²) in [4.78, 5) is 11.4. The van der Waals surface area contributed by atoms with Crippen LogP contribution in [-0.4, -0.2) is 8.75 Å². The Labute approximate surface area is 99.8 Å². The van der Waals surface area contributed by atoms with E-state index in [0.29, 0.717) is 11.4 Å². The van der Waals surface area contributed by atoms with Gasteiger partial charge in [0, 0.05) is 5.69 Å². The first kappa shape index (κ1) is 10.8. The van der Waals surface area contributed by atoms with Gasteiger partial charge in [-0.15, -0.1) is 4.37 Å². The molecule has 0 atom stereocenters. The van der Waals surface area contributed by atoms with Crippen LogP contribution in [0.4, 0.5) is 5.69 Å². The maximum absolute atomic E-state index is 11.4. The summed E-state index contributed by atoms with van der Waals surface area (Å²) in [6.07, 6.45) is 0. The minimum absolute atomic E-state index is 0.0882. The number of hydrogen-bond acceptors (Lipinski definition) is 6. The van der Waals surface area contributed by atoms with Gasteiger partial charge in [-0.3, -0.25) is 4.79 Å². The van der Waals surface area contributed by atoms with E-state index in [1.165, 1.54) is 0 Å². The zero-order chi connectivity index (χ0) is 11.5. The third kappa shape index (κ3) is 2.29. The van der Waals surface area contributed by atoms with Gasteiger partial charge < -0.3 is 10.5 Å². The highest BCUT2D eigenvalue weighted by atomic mass is 35.5. The van der Waals surface area contributed by atoms with E-state index in [9.17, 15) is 4.79 Å².